The summed E-state index contributed by atoms with van der Waals surface area (Å²) in [5, 5.41) is 9.09. The number of nitriles is 1. The maximum absolute atomic E-state index is 11.8. The number of carbonyl (C=O) groups excluding carboxylic acids is 1. The first kappa shape index (κ1) is 13.8. The van der Waals surface area contributed by atoms with Crippen LogP contribution < -0.4 is 0 Å². The van der Waals surface area contributed by atoms with E-state index in [4.69, 9.17) is 5.26 Å². The van der Waals surface area contributed by atoms with Crippen LogP contribution in [-0.2, 0) is 4.79 Å². The number of carbonyl (C=O) groups is 1. The maximum Gasteiger partial charge on any atom is 0.228 e. The molecule has 1 amide bonds. The molecule has 2 rings (SSSR count). The van der Waals surface area contributed by atoms with E-state index in [0.29, 0.717) is 24.2 Å². The SMILES string of the molecule is CCCN1CC(=Nc2c(Br)cccc2C#N)CC1=O. The largest absolute Gasteiger partial charge is 0.337 e. The Morgan fingerprint density at radius 1 is 1.53 bits per heavy atom. The molecule has 1 aliphatic heterocycles. The van der Waals surface area contributed by atoms with Crippen molar-refractivity contribution in [3.63, 3.8) is 0 Å². The molecule has 0 N–H and O–H groups in total. The minimum Gasteiger partial charge on any atom is -0.337 e. The molecule has 1 fully saturated rings. The zero-order chi connectivity index (χ0) is 13.8. The summed E-state index contributed by atoms with van der Waals surface area (Å²) in [5.74, 6) is 0.117. The van der Waals surface area contributed by atoms with Crippen molar-refractivity contribution in [1.82, 2.24) is 4.90 Å². The van der Waals surface area contributed by atoms with E-state index in [1.54, 1.807) is 12.1 Å². The number of aliphatic imine (C=N–C) groups is 1. The highest BCUT2D eigenvalue weighted by molar-refractivity contribution is 9.10. The lowest BCUT2D eigenvalue weighted by Gasteiger charge is -2.12. The molecule has 0 atom stereocenters. The van der Waals surface area contributed by atoms with Crippen LogP contribution >= 0.6 is 15.9 Å². The molecule has 5 heteroatoms. The van der Waals surface area contributed by atoms with Gasteiger partial charge in [0.05, 0.1) is 24.2 Å². The highest BCUT2D eigenvalue weighted by Gasteiger charge is 2.25. The summed E-state index contributed by atoms with van der Waals surface area (Å²) in [6, 6.07) is 7.50. The standard InChI is InChI=1S/C14H14BrN3O/c1-2-6-18-9-11(7-13(18)19)17-14-10(8-16)4-3-5-12(14)15/h3-5H,2,6-7,9H2,1H3. The van der Waals surface area contributed by atoms with Crippen molar-refractivity contribution in [1.29, 1.82) is 5.26 Å². The number of likely N-dealkylation sites (tertiary alicyclic amines) is 1. The number of hydrogen-bond acceptors (Lipinski definition) is 3. The Labute approximate surface area is 120 Å². The quantitative estimate of drug-likeness (QED) is 0.859. The Morgan fingerprint density at radius 3 is 3.00 bits per heavy atom. The molecule has 1 aromatic carbocycles. The van der Waals surface area contributed by atoms with Crippen LogP contribution in [0.2, 0.25) is 0 Å². The summed E-state index contributed by atoms with van der Waals surface area (Å²) in [6.45, 7) is 3.38. The van der Waals surface area contributed by atoms with Gasteiger partial charge in [-0.15, -0.1) is 0 Å². The van der Waals surface area contributed by atoms with Crippen molar-refractivity contribution < 1.29 is 4.79 Å². The first-order valence-electron chi connectivity index (χ1n) is 6.18. The topological polar surface area (TPSA) is 56.5 Å². The number of halogens is 1. The predicted molar refractivity (Wildman–Crippen MR) is 77.4 cm³/mol. The third-order valence-electron chi connectivity index (χ3n) is 2.95. The van der Waals surface area contributed by atoms with E-state index in [9.17, 15) is 4.79 Å². The molecule has 0 saturated carbocycles. The molecule has 0 spiro atoms. The third kappa shape index (κ3) is 3.02. The van der Waals surface area contributed by atoms with E-state index >= 15 is 0 Å². The van der Waals surface area contributed by atoms with Crippen LogP contribution in [0.4, 0.5) is 5.69 Å². The summed E-state index contributed by atoms with van der Waals surface area (Å²) in [7, 11) is 0. The Morgan fingerprint density at radius 2 is 2.32 bits per heavy atom. The fourth-order valence-electron chi connectivity index (χ4n) is 2.08. The van der Waals surface area contributed by atoms with Gasteiger partial charge in [0.2, 0.25) is 5.91 Å². The monoisotopic (exact) mass is 319 g/mol. The molecule has 1 aromatic rings. The van der Waals surface area contributed by atoms with Gasteiger partial charge in [-0.25, -0.2) is 0 Å². The number of rotatable bonds is 3. The molecule has 0 radical (unpaired) electrons. The van der Waals surface area contributed by atoms with Crippen LogP contribution in [0.5, 0.6) is 0 Å². The first-order valence-corrected chi connectivity index (χ1v) is 6.97. The van der Waals surface area contributed by atoms with Gasteiger partial charge in [-0.1, -0.05) is 13.0 Å². The minimum absolute atomic E-state index is 0.117. The molecule has 1 saturated heterocycles. The molecule has 98 valence electrons. The number of para-hydroxylation sites is 1. The molecule has 0 aliphatic carbocycles. The molecular formula is C14H14BrN3O. The fourth-order valence-corrected chi connectivity index (χ4v) is 2.53. The van der Waals surface area contributed by atoms with Crippen LogP contribution in [0.25, 0.3) is 0 Å². The second-order valence-corrected chi connectivity index (χ2v) is 5.27. The van der Waals surface area contributed by atoms with E-state index in [1.165, 1.54) is 0 Å². The number of nitrogens with zero attached hydrogens (tertiary/aromatic N) is 3. The zero-order valence-electron chi connectivity index (χ0n) is 10.7. The Balaban J connectivity index is 2.29. The highest BCUT2D eigenvalue weighted by Crippen LogP contribution is 2.30. The minimum atomic E-state index is 0.117. The van der Waals surface area contributed by atoms with Crippen LogP contribution in [-0.4, -0.2) is 29.6 Å². The lowest BCUT2D eigenvalue weighted by atomic mass is 10.2. The summed E-state index contributed by atoms with van der Waals surface area (Å²) in [4.78, 5) is 18.1. The Kier molecular flexibility index (Phi) is 4.33. The van der Waals surface area contributed by atoms with Crippen molar-refractivity contribution in [3.05, 3.63) is 28.2 Å². The van der Waals surface area contributed by atoms with Gasteiger partial charge in [-0.05, 0) is 34.5 Å². The number of hydrogen-bond donors (Lipinski definition) is 0. The molecule has 1 heterocycles. The maximum atomic E-state index is 11.8. The summed E-state index contributed by atoms with van der Waals surface area (Å²) in [6.07, 6.45) is 1.30. The molecule has 0 unspecified atom stereocenters. The van der Waals surface area contributed by atoms with Gasteiger partial charge in [0.25, 0.3) is 0 Å². The second-order valence-electron chi connectivity index (χ2n) is 4.42. The van der Waals surface area contributed by atoms with E-state index in [-0.39, 0.29) is 5.91 Å². The fraction of sp³-hybridized carbons (Fsp3) is 0.357. The number of benzene rings is 1. The van der Waals surface area contributed by atoms with Crippen LogP contribution in [0.1, 0.15) is 25.3 Å². The van der Waals surface area contributed by atoms with Gasteiger partial charge in [-0.2, -0.15) is 5.26 Å². The van der Waals surface area contributed by atoms with Crippen LogP contribution in [0.3, 0.4) is 0 Å². The predicted octanol–water partition coefficient (Wildman–Crippen LogP) is 3.04. The Hall–Kier alpha value is -1.67. The van der Waals surface area contributed by atoms with Gasteiger partial charge in [0.15, 0.2) is 0 Å². The van der Waals surface area contributed by atoms with E-state index < -0.39 is 0 Å². The smallest absolute Gasteiger partial charge is 0.228 e. The normalized spacial score (nSPS) is 17.0. The van der Waals surface area contributed by atoms with Crippen molar-refractivity contribution in [3.8, 4) is 6.07 Å². The van der Waals surface area contributed by atoms with Gasteiger partial charge < -0.3 is 4.90 Å². The summed E-state index contributed by atoms with van der Waals surface area (Å²) >= 11 is 3.40. The molecule has 0 aromatic heterocycles. The molecule has 19 heavy (non-hydrogen) atoms. The van der Waals surface area contributed by atoms with Gasteiger partial charge in [-0.3, -0.25) is 9.79 Å². The van der Waals surface area contributed by atoms with Crippen molar-refractivity contribution in [2.45, 2.75) is 19.8 Å². The van der Waals surface area contributed by atoms with E-state index in [1.807, 2.05) is 17.9 Å². The molecular weight excluding hydrogens is 306 g/mol. The average Bonchev–Trinajstić information content (AvgIpc) is 2.73. The lowest BCUT2D eigenvalue weighted by Crippen LogP contribution is -2.25. The van der Waals surface area contributed by atoms with Crippen molar-refractivity contribution >= 4 is 33.2 Å². The number of amides is 1. The molecule has 4 nitrogen and oxygen atoms in total. The van der Waals surface area contributed by atoms with Gasteiger partial charge >= 0.3 is 0 Å². The van der Waals surface area contributed by atoms with Crippen LogP contribution in [0.15, 0.2) is 27.7 Å². The van der Waals surface area contributed by atoms with E-state index in [0.717, 1.165) is 23.1 Å². The van der Waals surface area contributed by atoms with Gasteiger partial charge in [0.1, 0.15) is 6.07 Å². The Bertz CT molecular complexity index is 575. The average molecular weight is 320 g/mol. The van der Waals surface area contributed by atoms with E-state index in [2.05, 4.69) is 27.0 Å². The summed E-state index contributed by atoms with van der Waals surface area (Å²) in [5.41, 5.74) is 1.95. The first-order chi connectivity index (χ1) is 9.15. The van der Waals surface area contributed by atoms with Crippen molar-refractivity contribution in [2.75, 3.05) is 13.1 Å². The zero-order valence-corrected chi connectivity index (χ0v) is 12.3. The second kappa shape index (κ2) is 5.98. The summed E-state index contributed by atoms with van der Waals surface area (Å²) < 4.78 is 0.778. The molecule has 0 bridgehead atoms. The third-order valence-corrected chi connectivity index (χ3v) is 3.59. The molecule has 1 aliphatic rings. The van der Waals surface area contributed by atoms with Crippen LogP contribution in [0, 0.1) is 11.3 Å². The van der Waals surface area contributed by atoms with Crippen molar-refractivity contribution in [2.24, 2.45) is 4.99 Å². The highest BCUT2D eigenvalue weighted by atomic mass is 79.9. The lowest BCUT2D eigenvalue weighted by molar-refractivity contribution is -0.127. The van der Waals surface area contributed by atoms with Gasteiger partial charge in [0, 0.05) is 16.7 Å².